The largest absolute Gasteiger partial charge is 0.462 e. The molecule has 0 aliphatic carbocycles. The number of rotatable bonds is 3. The first kappa shape index (κ1) is 13.7. The van der Waals surface area contributed by atoms with E-state index < -0.39 is 5.97 Å². The van der Waals surface area contributed by atoms with Crippen molar-refractivity contribution in [1.82, 2.24) is 4.98 Å². The molecule has 2 rings (SSSR count). The second-order valence-electron chi connectivity index (χ2n) is 3.95. The number of esters is 1. The van der Waals surface area contributed by atoms with Crippen LogP contribution in [0.5, 0.6) is 0 Å². The van der Waals surface area contributed by atoms with E-state index in [-0.39, 0.29) is 23.6 Å². The minimum Gasteiger partial charge on any atom is -0.462 e. The van der Waals surface area contributed by atoms with Crippen LogP contribution in [0.1, 0.15) is 22.8 Å². The lowest BCUT2D eigenvalue weighted by atomic mass is 10.1. The van der Waals surface area contributed by atoms with Crippen molar-refractivity contribution in [3.05, 3.63) is 53.5 Å². The van der Waals surface area contributed by atoms with Crippen molar-refractivity contribution >= 4 is 5.97 Å². The number of pyridine rings is 1. The van der Waals surface area contributed by atoms with Gasteiger partial charge in [-0.3, -0.25) is 4.98 Å². The maximum absolute atomic E-state index is 12.9. The number of benzene rings is 1. The van der Waals surface area contributed by atoms with Gasteiger partial charge in [0.05, 0.1) is 23.4 Å². The minimum atomic E-state index is -0.574. The fourth-order valence-corrected chi connectivity index (χ4v) is 1.70. The van der Waals surface area contributed by atoms with Crippen LogP contribution >= 0.6 is 0 Å². The fourth-order valence-electron chi connectivity index (χ4n) is 1.70. The molecule has 0 saturated carbocycles. The van der Waals surface area contributed by atoms with Gasteiger partial charge in [0.15, 0.2) is 0 Å². The molecular weight excluding hydrogens is 259 g/mol. The van der Waals surface area contributed by atoms with E-state index in [2.05, 4.69) is 4.98 Å². The molecule has 1 aromatic heterocycles. The van der Waals surface area contributed by atoms with Gasteiger partial charge in [-0.15, -0.1) is 0 Å². The number of carbonyl (C=O) groups is 1. The van der Waals surface area contributed by atoms with Crippen LogP contribution in [-0.2, 0) is 4.74 Å². The Hall–Kier alpha value is -2.74. The first-order valence-electron chi connectivity index (χ1n) is 5.99. The third kappa shape index (κ3) is 2.81. The van der Waals surface area contributed by atoms with Crippen LogP contribution in [0.4, 0.5) is 4.39 Å². The topological polar surface area (TPSA) is 63.0 Å². The third-order valence-electron chi connectivity index (χ3n) is 2.66. The Bertz CT molecular complexity index is 675. The zero-order valence-corrected chi connectivity index (χ0v) is 10.8. The van der Waals surface area contributed by atoms with E-state index in [1.165, 1.54) is 24.4 Å². The van der Waals surface area contributed by atoms with Crippen LogP contribution in [0.25, 0.3) is 11.3 Å². The number of halogens is 1. The van der Waals surface area contributed by atoms with Gasteiger partial charge in [0, 0.05) is 11.8 Å². The van der Waals surface area contributed by atoms with Gasteiger partial charge < -0.3 is 4.74 Å². The monoisotopic (exact) mass is 270 g/mol. The highest BCUT2D eigenvalue weighted by Gasteiger charge is 2.14. The summed E-state index contributed by atoms with van der Waals surface area (Å²) < 4.78 is 17.8. The van der Waals surface area contributed by atoms with E-state index in [0.717, 1.165) is 0 Å². The average molecular weight is 270 g/mol. The SMILES string of the molecule is CCOC(=O)c1cc(-c2ccc(F)cc2)ncc1C#N. The van der Waals surface area contributed by atoms with E-state index >= 15 is 0 Å². The molecule has 0 spiro atoms. The van der Waals surface area contributed by atoms with Crippen LogP contribution in [-0.4, -0.2) is 17.6 Å². The molecule has 0 unspecified atom stereocenters. The summed E-state index contributed by atoms with van der Waals surface area (Å²) in [4.78, 5) is 15.9. The van der Waals surface area contributed by atoms with Gasteiger partial charge >= 0.3 is 5.97 Å². The Balaban J connectivity index is 2.47. The smallest absolute Gasteiger partial charge is 0.339 e. The van der Waals surface area contributed by atoms with Gasteiger partial charge in [-0.05, 0) is 37.3 Å². The van der Waals surface area contributed by atoms with Crippen LogP contribution < -0.4 is 0 Å². The summed E-state index contributed by atoms with van der Waals surface area (Å²) in [6, 6.07) is 9.09. The minimum absolute atomic E-state index is 0.148. The Morgan fingerprint density at radius 2 is 2.10 bits per heavy atom. The van der Waals surface area contributed by atoms with Gasteiger partial charge in [-0.1, -0.05) is 0 Å². The number of hydrogen-bond acceptors (Lipinski definition) is 4. The highest BCUT2D eigenvalue weighted by molar-refractivity contribution is 5.93. The van der Waals surface area contributed by atoms with Gasteiger partial charge in [-0.2, -0.15) is 5.26 Å². The molecule has 0 aliphatic heterocycles. The van der Waals surface area contributed by atoms with Crippen molar-refractivity contribution in [2.24, 2.45) is 0 Å². The van der Waals surface area contributed by atoms with Gasteiger partial charge in [0.2, 0.25) is 0 Å². The zero-order chi connectivity index (χ0) is 14.5. The summed E-state index contributed by atoms with van der Waals surface area (Å²) in [6.45, 7) is 1.91. The Labute approximate surface area is 115 Å². The van der Waals surface area contributed by atoms with Crippen molar-refractivity contribution in [2.45, 2.75) is 6.92 Å². The lowest BCUT2D eigenvalue weighted by molar-refractivity contribution is 0.0526. The number of nitrogens with zero attached hydrogens (tertiary/aromatic N) is 2. The quantitative estimate of drug-likeness (QED) is 0.804. The van der Waals surface area contributed by atoms with Crippen molar-refractivity contribution in [1.29, 1.82) is 5.26 Å². The fraction of sp³-hybridized carbons (Fsp3) is 0.133. The molecule has 0 atom stereocenters. The predicted molar refractivity (Wildman–Crippen MR) is 70.3 cm³/mol. The molecule has 5 heteroatoms. The second-order valence-corrected chi connectivity index (χ2v) is 3.95. The normalized spacial score (nSPS) is 9.85. The van der Waals surface area contributed by atoms with E-state index in [9.17, 15) is 9.18 Å². The molecule has 20 heavy (non-hydrogen) atoms. The van der Waals surface area contributed by atoms with Crippen molar-refractivity contribution in [3.8, 4) is 17.3 Å². The summed E-state index contributed by atoms with van der Waals surface area (Å²) in [7, 11) is 0. The number of carbonyl (C=O) groups excluding carboxylic acids is 1. The summed E-state index contributed by atoms with van der Waals surface area (Å²) in [6.07, 6.45) is 1.31. The highest BCUT2D eigenvalue weighted by Crippen LogP contribution is 2.20. The Kier molecular flexibility index (Phi) is 4.06. The molecule has 4 nitrogen and oxygen atoms in total. The Morgan fingerprint density at radius 1 is 1.40 bits per heavy atom. The molecule has 1 aromatic carbocycles. The van der Waals surface area contributed by atoms with E-state index in [0.29, 0.717) is 11.3 Å². The average Bonchev–Trinajstić information content (AvgIpc) is 2.47. The summed E-state index contributed by atoms with van der Waals surface area (Å²) in [5.74, 6) is -0.928. The molecular formula is C15H11FN2O2. The second kappa shape index (κ2) is 5.93. The lowest BCUT2D eigenvalue weighted by Crippen LogP contribution is -2.08. The predicted octanol–water partition coefficient (Wildman–Crippen LogP) is 2.94. The Morgan fingerprint density at radius 3 is 2.70 bits per heavy atom. The summed E-state index contributed by atoms with van der Waals surface area (Å²) >= 11 is 0. The third-order valence-corrected chi connectivity index (χ3v) is 2.66. The van der Waals surface area contributed by atoms with E-state index in [1.54, 1.807) is 19.1 Å². The summed E-state index contributed by atoms with van der Waals surface area (Å²) in [5.41, 5.74) is 1.44. The molecule has 0 saturated heterocycles. The standard InChI is InChI=1S/C15H11FN2O2/c1-2-20-15(19)13-7-14(18-9-11(13)8-17)10-3-5-12(16)6-4-10/h3-7,9H,2H2,1H3. The zero-order valence-electron chi connectivity index (χ0n) is 10.8. The molecule has 0 radical (unpaired) electrons. The maximum atomic E-state index is 12.9. The molecule has 0 bridgehead atoms. The van der Waals surface area contributed by atoms with E-state index in [4.69, 9.17) is 10.00 Å². The van der Waals surface area contributed by atoms with Crippen LogP contribution in [0.2, 0.25) is 0 Å². The highest BCUT2D eigenvalue weighted by atomic mass is 19.1. The van der Waals surface area contributed by atoms with Crippen LogP contribution in [0.15, 0.2) is 36.5 Å². The lowest BCUT2D eigenvalue weighted by Gasteiger charge is -2.06. The van der Waals surface area contributed by atoms with Gasteiger partial charge in [0.1, 0.15) is 11.9 Å². The molecule has 2 aromatic rings. The first-order chi connectivity index (χ1) is 9.65. The van der Waals surface area contributed by atoms with Crippen molar-refractivity contribution in [3.63, 3.8) is 0 Å². The number of aromatic nitrogens is 1. The molecule has 100 valence electrons. The number of nitriles is 1. The molecule has 0 aliphatic rings. The van der Waals surface area contributed by atoms with Gasteiger partial charge in [-0.25, -0.2) is 9.18 Å². The first-order valence-corrected chi connectivity index (χ1v) is 5.99. The van der Waals surface area contributed by atoms with Crippen LogP contribution in [0, 0.1) is 17.1 Å². The number of ether oxygens (including phenoxy) is 1. The maximum Gasteiger partial charge on any atom is 0.339 e. The molecule has 1 heterocycles. The molecule has 0 fully saturated rings. The molecule has 0 N–H and O–H groups in total. The molecule has 0 amide bonds. The van der Waals surface area contributed by atoms with Crippen molar-refractivity contribution < 1.29 is 13.9 Å². The number of hydrogen-bond donors (Lipinski definition) is 0. The van der Waals surface area contributed by atoms with E-state index in [1.807, 2.05) is 6.07 Å². The van der Waals surface area contributed by atoms with Crippen molar-refractivity contribution in [2.75, 3.05) is 6.61 Å². The van der Waals surface area contributed by atoms with Gasteiger partial charge in [0.25, 0.3) is 0 Å². The van der Waals surface area contributed by atoms with Crippen LogP contribution in [0.3, 0.4) is 0 Å². The summed E-state index contributed by atoms with van der Waals surface area (Å²) in [5, 5.41) is 8.99.